The van der Waals surface area contributed by atoms with Gasteiger partial charge in [-0.05, 0) is 31.5 Å². The zero-order valence-electron chi connectivity index (χ0n) is 16.4. The Morgan fingerprint density at radius 3 is 2.14 bits per heavy atom. The number of halogens is 2. The second-order valence-corrected chi connectivity index (χ2v) is 7.76. The molecule has 2 aromatic rings. The maximum absolute atomic E-state index is 13.0. The van der Waals surface area contributed by atoms with Crippen LogP contribution in [0.2, 0.25) is 10.0 Å². The summed E-state index contributed by atoms with van der Waals surface area (Å²) in [5.74, 6) is -0.320. The molecule has 6 heteroatoms. The monoisotopic (exact) mass is 420 g/mol. The minimum atomic E-state index is -0.662. The molecule has 1 N–H and O–H groups in total. The van der Waals surface area contributed by atoms with E-state index >= 15 is 0 Å². The van der Waals surface area contributed by atoms with E-state index in [0.717, 1.165) is 5.56 Å². The third-order valence-corrected chi connectivity index (χ3v) is 5.10. The Morgan fingerprint density at radius 1 is 1.00 bits per heavy atom. The highest BCUT2D eigenvalue weighted by molar-refractivity contribution is 6.36. The number of hydrogen-bond donors (Lipinski definition) is 1. The van der Waals surface area contributed by atoms with Crippen molar-refractivity contribution in [2.45, 2.75) is 52.2 Å². The van der Waals surface area contributed by atoms with Crippen LogP contribution in [-0.4, -0.2) is 28.8 Å². The number of amides is 2. The fourth-order valence-electron chi connectivity index (χ4n) is 2.99. The van der Waals surface area contributed by atoms with E-state index < -0.39 is 6.04 Å². The van der Waals surface area contributed by atoms with Gasteiger partial charge in [-0.3, -0.25) is 9.59 Å². The minimum Gasteiger partial charge on any atom is -0.352 e. The van der Waals surface area contributed by atoms with E-state index in [0.29, 0.717) is 22.0 Å². The smallest absolute Gasteiger partial charge is 0.243 e. The SMILES string of the molecule is CCC(=O)N(Cc1c(Cl)cccc1Cl)C(Cc1ccccc1)C(=O)NC(C)C. The van der Waals surface area contributed by atoms with Gasteiger partial charge in [0.15, 0.2) is 0 Å². The molecule has 2 amide bonds. The first-order chi connectivity index (χ1) is 13.3. The van der Waals surface area contributed by atoms with Crippen molar-refractivity contribution in [2.75, 3.05) is 0 Å². The van der Waals surface area contributed by atoms with E-state index in [1.54, 1.807) is 30.0 Å². The molecule has 0 saturated heterocycles. The van der Waals surface area contributed by atoms with Gasteiger partial charge in [-0.25, -0.2) is 0 Å². The van der Waals surface area contributed by atoms with Gasteiger partial charge in [0.2, 0.25) is 11.8 Å². The van der Waals surface area contributed by atoms with Gasteiger partial charge in [0.05, 0.1) is 0 Å². The molecule has 0 fully saturated rings. The van der Waals surface area contributed by atoms with Crippen molar-refractivity contribution in [3.63, 3.8) is 0 Å². The molecule has 0 aliphatic carbocycles. The predicted octanol–water partition coefficient (Wildman–Crippen LogP) is 4.87. The number of nitrogens with zero attached hydrogens (tertiary/aromatic N) is 1. The van der Waals surface area contributed by atoms with Gasteiger partial charge in [-0.1, -0.05) is 66.5 Å². The molecule has 2 rings (SSSR count). The van der Waals surface area contributed by atoms with Crippen molar-refractivity contribution in [3.8, 4) is 0 Å². The fourth-order valence-corrected chi connectivity index (χ4v) is 3.51. The Labute approximate surface area is 176 Å². The molecule has 0 bridgehead atoms. The van der Waals surface area contributed by atoms with Crippen LogP contribution in [0, 0.1) is 0 Å². The topological polar surface area (TPSA) is 49.4 Å². The molecule has 4 nitrogen and oxygen atoms in total. The number of carbonyl (C=O) groups is 2. The maximum atomic E-state index is 13.0. The quantitative estimate of drug-likeness (QED) is 0.661. The lowest BCUT2D eigenvalue weighted by atomic mass is 10.0. The summed E-state index contributed by atoms with van der Waals surface area (Å²) in [6.45, 7) is 5.75. The van der Waals surface area contributed by atoms with Gasteiger partial charge >= 0.3 is 0 Å². The summed E-state index contributed by atoms with van der Waals surface area (Å²) in [6.07, 6.45) is 0.690. The molecule has 0 aliphatic rings. The van der Waals surface area contributed by atoms with Gasteiger partial charge in [-0.2, -0.15) is 0 Å². The van der Waals surface area contributed by atoms with Crippen molar-refractivity contribution in [3.05, 3.63) is 69.7 Å². The van der Waals surface area contributed by atoms with E-state index in [9.17, 15) is 9.59 Å². The molecule has 0 aromatic heterocycles. The average Bonchev–Trinajstić information content (AvgIpc) is 2.66. The van der Waals surface area contributed by atoms with Crippen molar-refractivity contribution in [2.24, 2.45) is 0 Å². The van der Waals surface area contributed by atoms with E-state index in [1.807, 2.05) is 44.2 Å². The number of nitrogens with one attached hydrogen (secondary N) is 1. The largest absolute Gasteiger partial charge is 0.352 e. The molecular weight excluding hydrogens is 395 g/mol. The molecule has 0 aliphatic heterocycles. The lowest BCUT2D eigenvalue weighted by Crippen LogP contribution is -2.51. The highest BCUT2D eigenvalue weighted by Gasteiger charge is 2.30. The van der Waals surface area contributed by atoms with Gasteiger partial charge < -0.3 is 10.2 Å². The Balaban J connectivity index is 2.42. The van der Waals surface area contributed by atoms with Crippen LogP contribution in [0.3, 0.4) is 0 Å². The van der Waals surface area contributed by atoms with Crippen LogP contribution >= 0.6 is 23.2 Å². The Bertz CT molecular complexity index is 789. The number of rotatable bonds is 8. The van der Waals surface area contributed by atoms with Crippen LogP contribution in [0.4, 0.5) is 0 Å². The van der Waals surface area contributed by atoms with E-state index in [4.69, 9.17) is 23.2 Å². The van der Waals surface area contributed by atoms with Crippen LogP contribution in [0.25, 0.3) is 0 Å². The molecule has 0 heterocycles. The Kier molecular flexibility index (Phi) is 8.34. The third-order valence-electron chi connectivity index (χ3n) is 4.39. The van der Waals surface area contributed by atoms with Gasteiger partial charge in [-0.15, -0.1) is 0 Å². The molecule has 1 atom stereocenters. The molecule has 2 aromatic carbocycles. The molecule has 0 spiro atoms. The van der Waals surface area contributed by atoms with Crippen molar-refractivity contribution in [1.29, 1.82) is 0 Å². The molecular formula is C22H26Cl2N2O2. The van der Waals surface area contributed by atoms with Gasteiger partial charge in [0.25, 0.3) is 0 Å². The summed E-state index contributed by atoms with van der Waals surface area (Å²) < 4.78 is 0. The van der Waals surface area contributed by atoms with Crippen LogP contribution < -0.4 is 5.32 Å². The lowest BCUT2D eigenvalue weighted by molar-refractivity contribution is -0.141. The Hall–Kier alpha value is -2.04. The van der Waals surface area contributed by atoms with Crippen LogP contribution in [-0.2, 0) is 22.6 Å². The second-order valence-electron chi connectivity index (χ2n) is 6.94. The summed E-state index contributed by atoms with van der Waals surface area (Å²) >= 11 is 12.7. The second kappa shape index (κ2) is 10.5. The highest BCUT2D eigenvalue weighted by Crippen LogP contribution is 2.27. The maximum Gasteiger partial charge on any atom is 0.243 e. The summed E-state index contributed by atoms with van der Waals surface area (Å²) in [5, 5.41) is 3.89. The van der Waals surface area contributed by atoms with Crippen molar-refractivity contribution < 1.29 is 9.59 Å². The van der Waals surface area contributed by atoms with Crippen molar-refractivity contribution >= 4 is 35.0 Å². The molecule has 0 radical (unpaired) electrons. The summed E-state index contributed by atoms with van der Waals surface area (Å²) in [6, 6.07) is 14.2. The number of benzene rings is 2. The summed E-state index contributed by atoms with van der Waals surface area (Å²) in [5.41, 5.74) is 1.62. The van der Waals surface area contributed by atoms with Crippen molar-refractivity contribution in [1.82, 2.24) is 10.2 Å². The van der Waals surface area contributed by atoms with E-state index in [1.165, 1.54) is 0 Å². The molecule has 150 valence electrons. The van der Waals surface area contributed by atoms with E-state index in [2.05, 4.69) is 5.32 Å². The third kappa shape index (κ3) is 5.98. The molecule has 28 heavy (non-hydrogen) atoms. The summed E-state index contributed by atoms with van der Waals surface area (Å²) in [4.78, 5) is 27.4. The first-order valence-corrected chi connectivity index (χ1v) is 10.2. The first kappa shape index (κ1) is 22.3. The number of carbonyl (C=O) groups excluding carboxylic acids is 2. The lowest BCUT2D eigenvalue weighted by Gasteiger charge is -2.32. The average molecular weight is 421 g/mol. The predicted molar refractivity (Wildman–Crippen MR) is 115 cm³/mol. The number of hydrogen-bond acceptors (Lipinski definition) is 2. The first-order valence-electron chi connectivity index (χ1n) is 9.40. The highest BCUT2D eigenvalue weighted by atomic mass is 35.5. The van der Waals surface area contributed by atoms with Crippen LogP contribution in [0.1, 0.15) is 38.3 Å². The van der Waals surface area contributed by atoms with Crippen LogP contribution in [0.15, 0.2) is 48.5 Å². The Morgan fingerprint density at radius 2 is 1.61 bits per heavy atom. The fraction of sp³-hybridized carbons (Fsp3) is 0.364. The van der Waals surface area contributed by atoms with E-state index in [-0.39, 0.29) is 30.8 Å². The van der Waals surface area contributed by atoms with Gasteiger partial charge in [0.1, 0.15) is 6.04 Å². The zero-order valence-corrected chi connectivity index (χ0v) is 17.9. The zero-order chi connectivity index (χ0) is 20.7. The normalized spacial score (nSPS) is 11.9. The molecule has 0 saturated carbocycles. The standard InChI is InChI=1S/C22H26Cl2N2O2/c1-4-21(27)26(14-17-18(23)11-8-12-19(17)24)20(22(28)25-15(2)3)13-16-9-6-5-7-10-16/h5-12,15,20H,4,13-14H2,1-3H3,(H,25,28). The van der Waals surface area contributed by atoms with Crippen LogP contribution in [0.5, 0.6) is 0 Å². The summed E-state index contributed by atoms with van der Waals surface area (Å²) in [7, 11) is 0. The minimum absolute atomic E-state index is 0.0340. The molecule has 1 unspecified atom stereocenters. The van der Waals surface area contributed by atoms with Gasteiger partial charge in [0, 0.05) is 41.0 Å².